The van der Waals surface area contributed by atoms with Gasteiger partial charge in [-0.15, -0.1) is 0 Å². The molecule has 0 aromatic carbocycles. The van der Waals surface area contributed by atoms with Crippen molar-refractivity contribution < 1.29 is 14.3 Å². The number of carbonyl (C=O) groups is 1. The highest BCUT2D eigenvalue weighted by molar-refractivity contribution is 5.87. The van der Waals surface area contributed by atoms with Crippen LogP contribution in [0, 0.1) is 0 Å². The van der Waals surface area contributed by atoms with Crippen LogP contribution in [0.25, 0.3) is 0 Å². The zero-order valence-electron chi connectivity index (χ0n) is 4.48. The van der Waals surface area contributed by atoms with Crippen molar-refractivity contribution in [2.45, 2.75) is 6.92 Å². The van der Waals surface area contributed by atoms with Crippen LogP contribution in [0.1, 0.15) is 6.92 Å². The molecule has 0 amide bonds. The van der Waals surface area contributed by atoms with Gasteiger partial charge in [0.2, 0.25) is 0 Å². The van der Waals surface area contributed by atoms with Gasteiger partial charge in [-0.1, -0.05) is 5.76 Å². The van der Waals surface area contributed by atoms with Crippen LogP contribution in [0.5, 0.6) is 0 Å². The van der Waals surface area contributed by atoms with Gasteiger partial charge in [0.25, 0.3) is 0 Å². The van der Waals surface area contributed by atoms with E-state index in [9.17, 15) is 14.3 Å². The molecule has 0 unspecified atom stereocenters. The third-order valence-electron chi connectivity index (χ3n) is 0.496. The van der Waals surface area contributed by atoms with Crippen LogP contribution >= 0.6 is 0 Å². The highest BCUT2D eigenvalue weighted by Crippen LogP contribution is 1.83. The largest absolute Gasteiger partial charge is 0.874 e. The fourth-order valence-electron chi connectivity index (χ4n) is 0.265. The zero-order chi connectivity index (χ0) is 6.57. The third-order valence-corrected chi connectivity index (χ3v) is 0.496. The predicted molar refractivity (Wildman–Crippen MR) is 24.7 cm³/mol. The molecule has 0 fully saturated rings. The number of halogens is 1. The number of allylic oxidation sites excluding steroid dienone is 2. The molecule has 0 aromatic rings. The standard InChI is InChI=1S/C5H7FO2/c1-4(7)2-5(8)3-6/h2,8H,3H2,1H3/p-1/b5-2-. The van der Waals surface area contributed by atoms with Gasteiger partial charge in [0.15, 0.2) is 5.78 Å². The predicted octanol–water partition coefficient (Wildman–Crippen LogP) is -0.211. The highest BCUT2D eigenvalue weighted by Gasteiger charge is 1.82. The lowest BCUT2D eigenvalue weighted by molar-refractivity contribution is -0.307. The summed E-state index contributed by atoms with van der Waals surface area (Å²) in [5, 5.41) is 9.97. The van der Waals surface area contributed by atoms with E-state index in [1.807, 2.05) is 0 Å². The summed E-state index contributed by atoms with van der Waals surface area (Å²) < 4.78 is 11.2. The Morgan fingerprint density at radius 2 is 2.38 bits per heavy atom. The van der Waals surface area contributed by atoms with Crippen LogP contribution in [-0.2, 0) is 4.79 Å². The van der Waals surface area contributed by atoms with Crippen molar-refractivity contribution in [2.24, 2.45) is 0 Å². The second-order valence-electron chi connectivity index (χ2n) is 1.35. The topological polar surface area (TPSA) is 40.1 Å². The van der Waals surface area contributed by atoms with Crippen LogP contribution in [0.15, 0.2) is 11.8 Å². The third kappa shape index (κ3) is 3.33. The number of alkyl halides is 1. The summed E-state index contributed by atoms with van der Waals surface area (Å²) in [6, 6.07) is 0. The van der Waals surface area contributed by atoms with Gasteiger partial charge >= 0.3 is 0 Å². The lowest BCUT2D eigenvalue weighted by Crippen LogP contribution is -2.06. The molecule has 46 valence electrons. The fraction of sp³-hybridized carbons (Fsp3) is 0.400. The van der Waals surface area contributed by atoms with Crippen molar-refractivity contribution >= 4 is 5.78 Å². The number of hydrogen-bond donors (Lipinski definition) is 0. The molecule has 0 bridgehead atoms. The molecule has 0 N–H and O–H groups in total. The first-order valence-corrected chi connectivity index (χ1v) is 2.11. The first-order valence-electron chi connectivity index (χ1n) is 2.11. The van der Waals surface area contributed by atoms with Gasteiger partial charge < -0.3 is 5.11 Å². The van der Waals surface area contributed by atoms with Crippen LogP contribution in [0.3, 0.4) is 0 Å². The maximum absolute atomic E-state index is 11.2. The van der Waals surface area contributed by atoms with E-state index in [1.54, 1.807) is 0 Å². The van der Waals surface area contributed by atoms with E-state index in [2.05, 4.69) is 0 Å². The van der Waals surface area contributed by atoms with Crippen molar-refractivity contribution in [3.63, 3.8) is 0 Å². The molecule has 2 nitrogen and oxygen atoms in total. The van der Waals surface area contributed by atoms with Gasteiger partial charge in [-0.2, -0.15) is 0 Å². The molecule has 0 atom stereocenters. The Bertz CT molecular complexity index is 118. The number of rotatable bonds is 2. The quantitative estimate of drug-likeness (QED) is 0.371. The van der Waals surface area contributed by atoms with Gasteiger partial charge in [-0.25, -0.2) is 4.39 Å². The van der Waals surface area contributed by atoms with Gasteiger partial charge in [0, 0.05) is 0 Å². The lowest BCUT2D eigenvalue weighted by Gasteiger charge is -2.01. The van der Waals surface area contributed by atoms with Crippen LogP contribution in [-0.4, -0.2) is 12.5 Å². The first-order chi connectivity index (χ1) is 3.66. The summed E-state index contributed by atoms with van der Waals surface area (Å²) in [4.78, 5) is 9.97. The average molecular weight is 117 g/mol. The maximum atomic E-state index is 11.2. The van der Waals surface area contributed by atoms with E-state index in [4.69, 9.17) is 0 Å². The number of ketones is 1. The Kier molecular flexibility index (Phi) is 2.84. The molecule has 0 saturated carbocycles. The van der Waals surface area contributed by atoms with Crippen LogP contribution in [0.2, 0.25) is 0 Å². The van der Waals surface area contributed by atoms with E-state index < -0.39 is 18.2 Å². The van der Waals surface area contributed by atoms with E-state index in [1.165, 1.54) is 6.92 Å². The molecule has 0 aliphatic carbocycles. The van der Waals surface area contributed by atoms with Gasteiger partial charge in [-0.05, 0) is 13.0 Å². The van der Waals surface area contributed by atoms with Crippen molar-refractivity contribution in [3.05, 3.63) is 11.8 Å². The van der Waals surface area contributed by atoms with Crippen molar-refractivity contribution in [3.8, 4) is 0 Å². The molecule has 0 aliphatic heterocycles. The molecule has 0 aliphatic rings. The van der Waals surface area contributed by atoms with E-state index >= 15 is 0 Å². The Balaban J connectivity index is 3.75. The zero-order valence-corrected chi connectivity index (χ0v) is 4.48. The van der Waals surface area contributed by atoms with Crippen LogP contribution < -0.4 is 5.11 Å². The molecule has 0 radical (unpaired) electrons. The monoisotopic (exact) mass is 117 g/mol. The smallest absolute Gasteiger partial charge is 0.151 e. The minimum atomic E-state index is -1.08. The molecule has 0 saturated heterocycles. The summed E-state index contributed by atoms with van der Waals surface area (Å²) in [7, 11) is 0. The summed E-state index contributed by atoms with van der Waals surface area (Å²) in [5.41, 5.74) is 0. The normalized spacial score (nSPS) is 11.5. The Hall–Kier alpha value is -0.860. The van der Waals surface area contributed by atoms with E-state index in [0.717, 1.165) is 6.08 Å². The number of hydrogen-bond acceptors (Lipinski definition) is 2. The van der Waals surface area contributed by atoms with E-state index in [0.29, 0.717) is 0 Å². The molecule has 0 heterocycles. The first kappa shape index (κ1) is 7.14. The highest BCUT2D eigenvalue weighted by atomic mass is 19.1. The summed E-state index contributed by atoms with van der Waals surface area (Å²) >= 11 is 0. The second-order valence-corrected chi connectivity index (χ2v) is 1.35. The van der Waals surface area contributed by atoms with E-state index in [-0.39, 0.29) is 0 Å². The minimum Gasteiger partial charge on any atom is -0.874 e. The van der Waals surface area contributed by atoms with Crippen molar-refractivity contribution in [1.29, 1.82) is 0 Å². The number of carbonyl (C=O) groups excluding carboxylic acids is 1. The summed E-state index contributed by atoms with van der Waals surface area (Å²) in [6.45, 7) is 0.118. The second kappa shape index (κ2) is 3.18. The molecule has 0 spiro atoms. The fourth-order valence-corrected chi connectivity index (χ4v) is 0.265. The lowest BCUT2D eigenvalue weighted by atomic mass is 10.4. The molecular formula is C5H6FO2-. The average Bonchev–Trinajstić information content (AvgIpc) is 1.65. The molecular weight excluding hydrogens is 111 g/mol. The van der Waals surface area contributed by atoms with Gasteiger partial charge in [0.1, 0.15) is 6.67 Å². The van der Waals surface area contributed by atoms with Gasteiger partial charge in [0.05, 0.1) is 0 Å². The maximum Gasteiger partial charge on any atom is 0.151 e. The SMILES string of the molecule is CC(=O)/C=C(\[O-])CF. The summed E-state index contributed by atoms with van der Waals surface area (Å²) in [5.74, 6) is -1.18. The Labute approximate surface area is 46.6 Å². The van der Waals surface area contributed by atoms with Crippen molar-refractivity contribution in [2.75, 3.05) is 6.67 Å². The molecule has 3 heteroatoms. The molecule has 0 rings (SSSR count). The minimum absolute atomic E-state index is 0.410. The van der Waals surface area contributed by atoms with Crippen LogP contribution in [0.4, 0.5) is 4.39 Å². The summed E-state index contributed by atoms with van der Waals surface area (Å²) in [6.07, 6.45) is 0.736. The van der Waals surface area contributed by atoms with Gasteiger partial charge in [-0.3, -0.25) is 4.79 Å². The molecule has 0 aromatic heterocycles. The Morgan fingerprint density at radius 3 is 2.50 bits per heavy atom. The Morgan fingerprint density at radius 1 is 1.88 bits per heavy atom. The van der Waals surface area contributed by atoms with Crippen molar-refractivity contribution in [1.82, 2.24) is 0 Å². The molecule has 8 heavy (non-hydrogen) atoms.